The van der Waals surface area contributed by atoms with Crippen LogP contribution in [0.2, 0.25) is 0 Å². The van der Waals surface area contributed by atoms with Gasteiger partial charge in [-0.25, -0.2) is 5.43 Å². The van der Waals surface area contributed by atoms with E-state index in [1.165, 1.54) is 5.56 Å². The van der Waals surface area contributed by atoms with Gasteiger partial charge in [-0.1, -0.05) is 29.8 Å². The molecule has 0 aliphatic rings. The number of halogens is 1. The number of benzene rings is 1. The molecule has 2 rings (SSSR count). The molecule has 0 saturated carbocycles. The predicted octanol–water partition coefficient (Wildman–Crippen LogP) is 2.90. The molecule has 0 amide bonds. The van der Waals surface area contributed by atoms with Gasteiger partial charge in [-0.2, -0.15) is 0 Å². The summed E-state index contributed by atoms with van der Waals surface area (Å²) in [6.45, 7) is 2.05. The topological polar surface area (TPSA) is 51.2 Å². The van der Waals surface area contributed by atoms with Crippen molar-refractivity contribution in [3.63, 3.8) is 0 Å². The Balaban J connectivity index is 2.37. The van der Waals surface area contributed by atoms with Gasteiger partial charge in [0.15, 0.2) is 0 Å². The zero-order valence-electron chi connectivity index (χ0n) is 8.91. The van der Waals surface area contributed by atoms with Gasteiger partial charge in [0.2, 0.25) is 0 Å². The maximum absolute atomic E-state index is 5.57. The fourth-order valence-corrected chi connectivity index (χ4v) is 2.02. The van der Waals surface area contributed by atoms with Crippen molar-refractivity contribution in [1.29, 1.82) is 0 Å². The van der Waals surface area contributed by atoms with Gasteiger partial charge in [0.1, 0.15) is 11.8 Å². The Morgan fingerprint density at radius 3 is 2.44 bits per heavy atom. The van der Waals surface area contributed by atoms with E-state index in [4.69, 9.17) is 10.3 Å². The summed E-state index contributed by atoms with van der Waals surface area (Å²) in [5.41, 5.74) is 5.05. The Morgan fingerprint density at radius 2 is 1.94 bits per heavy atom. The molecule has 0 aliphatic carbocycles. The minimum atomic E-state index is -0.134. The van der Waals surface area contributed by atoms with Crippen LogP contribution in [0.1, 0.15) is 22.9 Å². The van der Waals surface area contributed by atoms with E-state index in [9.17, 15) is 0 Å². The summed E-state index contributed by atoms with van der Waals surface area (Å²) in [7, 11) is 0. The van der Waals surface area contributed by atoms with E-state index < -0.39 is 0 Å². The molecule has 0 radical (unpaired) electrons. The van der Waals surface area contributed by atoms with Gasteiger partial charge in [0, 0.05) is 0 Å². The van der Waals surface area contributed by atoms with E-state index in [2.05, 4.69) is 40.4 Å². The summed E-state index contributed by atoms with van der Waals surface area (Å²) >= 11 is 3.43. The number of rotatable bonds is 3. The third kappa shape index (κ3) is 2.19. The molecular weight excluding hydrogens is 268 g/mol. The molecule has 3 nitrogen and oxygen atoms in total. The monoisotopic (exact) mass is 280 g/mol. The van der Waals surface area contributed by atoms with Crippen molar-refractivity contribution >= 4 is 15.9 Å². The van der Waals surface area contributed by atoms with Gasteiger partial charge < -0.3 is 4.42 Å². The third-order valence-electron chi connectivity index (χ3n) is 2.48. The molecule has 0 fully saturated rings. The van der Waals surface area contributed by atoms with Crippen molar-refractivity contribution < 1.29 is 4.42 Å². The highest BCUT2D eigenvalue weighted by Gasteiger charge is 2.18. The largest absolute Gasteiger partial charge is 0.466 e. The van der Waals surface area contributed by atoms with Crippen LogP contribution in [0.5, 0.6) is 0 Å². The lowest BCUT2D eigenvalue weighted by atomic mass is 10.0. The maximum atomic E-state index is 5.57. The first-order valence-corrected chi connectivity index (χ1v) is 5.77. The first-order chi connectivity index (χ1) is 7.72. The molecule has 2 aromatic rings. The van der Waals surface area contributed by atoms with Crippen LogP contribution in [0.25, 0.3) is 0 Å². The molecule has 1 aromatic carbocycles. The van der Waals surface area contributed by atoms with Crippen molar-refractivity contribution in [1.82, 2.24) is 5.43 Å². The Morgan fingerprint density at radius 1 is 1.25 bits per heavy atom. The summed E-state index contributed by atoms with van der Waals surface area (Å²) < 4.78 is 6.33. The second-order valence-electron chi connectivity index (χ2n) is 3.64. The molecule has 1 aromatic heterocycles. The molecule has 4 heteroatoms. The number of nitrogens with one attached hydrogen (secondary N) is 1. The highest BCUT2D eigenvalue weighted by Crippen LogP contribution is 2.28. The molecular formula is C12H13BrN2O. The lowest BCUT2D eigenvalue weighted by Crippen LogP contribution is -2.28. The van der Waals surface area contributed by atoms with Gasteiger partial charge in [-0.3, -0.25) is 5.84 Å². The zero-order valence-corrected chi connectivity index (χ0v) is 10.5. The maximum Gasteiger partial charge on any atom is 0.140 e. The highest BCUT2D eigenvalue weighted by molar-refractivity contribution is 9.10. The second kappa shape index (κ2) is 4.82. The number of furan rings is 1. The fraction of sp³-hybridized carbons (Fsp3) is 0.167. The molecule has 16 heavy (non-hydrogen) atoms. The Labute approximate surface area is 103 Å². The lowest BCUT2D eigenvalue weighted by molar-refractivity contribution is 0.450. The molecule has 84 valence electrons. The Kier molecular flexibility index (Phi) is 3.43. The van der Waals surface area contributed by atoms with Gasteiger partial charge in [-0.15, -0.1) is 0 Å². The smallest absolute Gasteiger partial charge is 0.140 e. The van der Waals surface area contributed by atoms with E-state index >= 15 is 0 Å². The van der Waals surface area contributed by atoms with Gasteiger partial charge in [-0.05, 0) is 34.5 Å². The van der Waals surface area contributed by atoms with Crippen LogP contribution in [-0.4, -0.2) is 0 Å². The molecule has 0 aliphatic heterocycles. The van der Waals surface area contributed by atoms with Gasteiger partial charge in [0.25, 0.3) is 0 Å². The van der Waals surface area contributed by atoms with Gasteiger partial charge in [0.05, 0.1) is 10.7 Å². The average molecular weight is 281 g/mol. The van der Waals surface area contributed by atoms with Crippen molar-refractivity contribution in [2.45, 2.75) is 13.0 Å². The standard InChI is InChI=1S/C12H13BrN2O/c1-8-2-4-9(5-3-8)11(15-14)12-10(13)6-7-16-12/h2-7,11,15H,14H2,1H3. The first-order valence-electron chi connectivity index (χ1n) is 4.98. The van der Waals surface area contributed by atoms with Crippen LogP contribution >= 0.6 is 15.9 Å². The van der Waals surface area contributed by atoms with E-state index in [0.717, 1.165) is 15.8 Å². The predicted molar refractivity (Wildman–Crippen MR) is 66.8 cm³/mol. The quantitative estimate of drug-likeness (QED) is 0.672. The zero-order chi connectivity index (χ0) is 11.5. The molecule has 1 heterocycles. The summed E-state index contributed by atoms with van der Waals surface area (Å²) in [5.74, 6) is 6.36. The van der Waals surface area contributed by atoms with Crippen LogP contribution in [-0.2, 0) is 0 Å². The first kappa shape index (κ1) is 11.4. The van der Waals surface area contributed by atoms with Crippen LogP contribution < -0.4 is 11.3 Å². The Bertz CT molecular complexity index is 464. The molecule has 0 saturated heterocycles. The van der Waals surface area contributed by atoms with E-state index in [0.29, 0.717) is 0 Å². The SMILES string of the molecule is Cc1ccc(C(NN)c2occc2Br)cc1. The minimum absolute atomic E-state index is 0.134. The summed E-state index contributed by atoms with van der Waals surface area (Å²) in [6.07, 6.45) is 1.64. The number of hydrogen-bond acceptors (Lipinski definition) is 3. The average Bonchev–Trinajstić information content (AvgIpc) is 2.69. The van der Waals surface area contributed by atoms with E-state index in [1.807, 2.05) is 18.2 Å². The van der Waals surface area contributed by atoms with Crippen molar-refractivity contribution in [3.8, 4) is 0 Å². The summed E-state index contributed by atoms with van der Waals surface area (Å²) in [4.78, 5) is 0. The number of aryl methyl sites for hydroxylation is 1. The summed E-state index contributed by atoms with van der Waals surface area (Å²) in [5, 5.41) is 0. The van der Waals surface area contributed by atoms with Crippen LogP contribution in [0.3, 0.4) is 0 Å². The minimum Gasteiger partial charge on any atom is -0.466 e. The van der Waals surface area contributed by atoms with Crippen molar-refractivity contribution in [2.75, 3.05) is 0 Å². The molecule has 3 N–H and O–H groups in total. The van der Waals surface area contributed by atoms with E-state index in [-0.39, 0.29) is 6.04 Å². The number of nitrogens with two attached hydrogens (primary N) is 1. The molecule has 1 atom stereocenters. The third-order valence-corrected chi connectivity index (χ3v) is 3.14. The fourth-order valence-electron chi connectivity index (χ4n) is 1.59. The summed E-state index contributed by atoms with van der Waals surface area (Å²) in [6, 6.07) is 9.90. The van der Waals surface area contributed by atoms with Crippen molar-refractivity contribution in [3.05, 3.63) is 58.0 Å². The molecule has 1 unspecified atom stereocenters. The highest BCUT2D eigenvalue weighted by atomic mass is 79.9. The van der Waals surface area contributed by atoms with Crippen LogP contribution in [0, 0.1) is 6.92 Å². The van der Waals surface area contributed by atoms with E-state index in [1.54, 1.807) is 6.26 Å². The lowest BCUT2D eigenvalue weighted by Gasteiger charge is -2.14. The number of hydrazine groups is 1. The van der Waals surface area contributed by atoms with Crippen LogP contribution in [0.4, 0.5) is 0 Å². The second-order valence-corrected chi connectivity index (χ2v) is 4.50. The van der Waals surface area contributed by atoms with Crippen LogP contribution in [0.15, 0.2) is 45.5 Å². The Hall–Kier alpha value is -1.10. The normalized spacial score (nSPS) is 12.7. The van der Waals surface area contributed by atoms with Crippen molar-refractivity contribution in [2.24, 2.45) is 5.84 Å². The van der Waals surface area contributed by atoms with Gasteiger partial charge >= 0.3 is 0 Å². The molecule has 0 bridgehead atoms. The molecule has 0 spiro atoms. The number of hydrogen-bond donors (Lipinski definition) is 2.